The largest absolute Gasteiger partial charge is 0.508 e. The van der Waals surface area contributed by atoms with Crippen molar-refractivity contribution in [1.82, 2.24) is 0 Å². The van der Waals surface area contributed by atoms with E-state index in [1.54, 1.807) is 18.2 Å². The van der Waals surface area contributed by atoms with Crippen molar-refractivity contribution >= 4 is 0 Å². The first kappa shape index (κ1) is 51.5. The van der Waals surface area contributed by atoms with Gasteiger partial charge < -0.3 is 30.6 Å². The Bertz CT molecular complexity index is 2830. The van der Waals surface area contributed by atoms with Crippen molar-refractivity contribution in [1.29, 1.82) is 0 Å². The van der Waals surface area contributed by atoms with Gasteiger partial charge in [0.05, 0.1) is 0 Å². The Balaban J connectivity index is 1.46. The molecule has 0 aliphatic rings. The lowest BCUT2D eigenvalue weighted by molar-refractivity contribution is 0.396. The second-order valence-electron chi connectivity index (χ2n) is 22.9. The number of phenolic OH excluding ortho intramolecular Hbond substituents is 6. The minimum absolute atomic E-state index is 0.0293. The van der Waals surface area contributed by atoms with E-state index in [1.807, 2.05) is 50.2 Å². The van der Waals surface area contributed by atoms with Crippen LogP contribution >= 0.6 is 0 Å². The quantitative estimate of drug-likeness (QED) is 0.0647. The van der Waals surface area contributed by atoms with Gasteiger partial charge in [-0.05, 0) is 195 Å². The molecule has 6 aromatic carbocycles. The normalized spacial score (nSPS) is 13.4. The average molecular weight is 919 g/mol. The van der Waals surface area contributed by atoms with E-state index < -0.39 is 10.8 Å². The van der Waals surface area contributed by atoms with E-state index in [2.05, 4.69) is 127 Å². The predicted octanol–water partition coefficient (Wildman–Crippen LogP) is 15.8. The fourth-order valence-corrected chi connectivity index (χ4v) is 10.4. The number of aromatic hydroxyl groups is 6. The summed E-state index contributed by atoms with van der Waals surface area (Å²) >= 11 is 0. The van der Waals surface area contributed by atoms with E-state index >= 15 is 0 Å². The lowest BCUT2D eigenvalue weighted by Gasteiger charge is -2.33. The van der Waals surface area contributed by atoms with Crippen molar-refractivity contribution in [3.05, 3.63) is 163 Å². The molecule has 0 aromatic heterocycles. The van der Waals surface area contributed by atoms with Gasteiger partial charge >= 0.3 is 0 Å². The van der Waals surface area contributed by atoms with Crippen LogP contribution in [0.2, 0.25) is 0 Å². The van der Waals surface area contributed by atoms with Crippen molar-refractivity contribution in [3.8, 4) is 45.6 Å². The van der Waals surface area contributed by atoms with Crippen LogP contribution in [0, 0.1) is 33.6 Å². The standard InChI is InChI=1S/C62H78O6/c1-34(2)45-28-43(18-20-54(45)64)62(15,16)44-29-48(59(68)50(30-44)49-33-55(65)40(9)24-42(49)27-41-17-19-53(63)39(8)23-41)36(5)21-22-61(13,14)52-32-47(38(7)26-57(52)67)58(35(3)4)46-31-51(60(10,11)12)56(66)25-37(46)6/h17-20,23-26,28-36,58,63-68H,21-22,27H2,1-16H3. The molecule has 6 heteroatoms. The summed E-state index contributed by atoms with van der Waals surface area (Å²) in [6, 6.07) is 27.6. The first-order valence-electron chi connectivity index (χ1n) is 24.5. The van der Waals surface area contributed by atoms with Crippen LogP contribution in [0.1, 0.15) is 192 Å². The van der Waals surface area contributed by atoms with Crippen LogP contribution in [0.5, 0.6) is 34.5 Å². The SMILES string of the molecule is Cc1cc(Cc2cc(C)c(O)cc2-c2cc(C(C)(C)c3ccc(O)c(C(C)C)c3)cc(C(C)CCC(C)(C)c3cc(C(c4cc(C(C)(C)C)c(O)cc4C)C(C)C)c(C)cc3O)c2O)ccc1O. The minimum Gasteiger partial charge on any atom is -0.508 e. The van der Waals surface area contributed by atoms with Crippen LogP contribution in [0.4, 0.5) is 0 Å². The van der Waals surface area contributed by atoms with Crippen molar-refractivity contribution in [2.24, 2.45) is 5.92 Å². The van der Waals surface area contributed by atoms with Crippen LogP contribution in [0.3, 0.4) is 0 Å². The Kier molecular flexibility index (Phi) is 14.6. The van der Waals surface area contributed by atoms with Gasteiger partial charge in [-0.1, -0.05) is 132 Å². The van der Waals surface area contributed by atoms with Gasteiger partial charge in [-0.2, -0.15) is 0 Å². The van der Waals surface area contributed by atoms with Gasteiger partial charge in [-0.15, -0.1) is 0 Å². The maximum atomic E-state index is 12.6. The zero-order valence-corrected chi connectivity index (χ0v) is 43.7. The number of rotatable bonds is 14. The summed E-state index contributed by atoms with van der Waals surface area (Å²) in [4.78, 5) is 0. The second-order valence-corrected chi connectivity index (χ2v) is 22.9. The van der Waals surface area contributed by atoms with E-state index in [0.717, 1.165) is 77.9 Å². The number of aryl methyl sites for hydroxylation is 4. The van der Waals surface area contributed by atoms with E-state index in [9.17, 15) is 30.6 Å². The Labute approximate surface area is 407 Å². The third-order valence-corrected chi connectivity index (χ3v) is 15.0. The number of phenols is 6. The first-order chi connectivity index (χ1) is 31.5. The highest BCUT2D eigenvalue weighted by Crippen LogP contribution is 2.49. The molecule has 0 saturated heterocycles. The fraction of sp³-hybridized carbons (Fsp3) is 0.419. The summed E-state index contributed by atoms with van der Waals surface area (Å²) in [7, 11) is 0. The predicted molar refractivity (Wildman–Crippen MR) is 282 cm³/mol. The zero-order valence-electron chi connectivity index (χ0n) is 43.7. The molecule has 0 fully saturated rings. The molecule has 0 spiro atoms. The van der Waals surface area contributed by atoms with Gasteiger partial charge in [0.1, 0.15) is 34.5 Å². The monoisotopic (exact) mass is 919 g/mol. The molecule has 68 heavy (non-hydrogen) atoms. The molecular formula is C62H78O6. The van der Waals surface area contributed by atoms with Crippen LogP contribution in [-0.4, -0.2) is 30.6 Å². The van der Waals surface area contributed by atoms with Gasteiger partial charge in [0.2, 0.25) is 0 Å². The molecular weight excluding hydrogens is 841 g/mol. The van der Waals surface area contributed by atoms with E-state index in [0.29, 0.717) is 30.6 Å². The average Bonchev–Trinajstić information content (AvgIpc) is 3.23. The summed E-state index contributed by atoms with van der Waals surface area (Å²) < 4.78 is 0. The highest BCUT2D eigenvalue weighted by molar-refractivity contribution is 5.78. The first-order valence-corrected chi connectivity index (χ1v) is 24.5. The molecule has 0 saturated carbocycles. The molecule has 6 nitrogen and oxygen atoms in total. The summed E-state index contributed by atoms with van der Waals surface area (Å²) in [6.07, 6.45) is 1.92. The van der Waals surface area contributed by atoms with Crippen molar-refractivity contribution in [2.45, 2.75) is 164 Å². The van der Waals surface area contributed by atoms with E-state index in [-0.39, 0.29) is 57.8 Å². The van der Waals surface area contributed by atoms with Gasteiger partial charge in [-0.3, -0.25) is 0 Å². The van der Waals surface area contributed by atoms with Crippen LogP contribution in [0.25, 0.3) is 11.1 Å². The summed E-state index contributed by atoms with van der Waals surface area (Å²) in [5.74, 6) is 1.63. The van der Waals surface area contributed by atoms with Gasteiger partial charge in [0.25, 0.3) is 0 Å². The topological polar surface area (TPSA) is 121 Å². The maximum absolute atomic E-state index is 12.6. The number of hydrogen-bond acceptors (Lipinski definition) is 6. The Morgan fingerprint density at radius 2 is 1.03 bits per heavy atom. The van der Waals surface area contributed by atoms with Crippen LogP contribution < -0.4 is 0 Å². The Morgan fingerprint density at radius 1 is 0.471 bits per heavy atom. The smallest absolute Gasteiger partial charge is 0.126 e. The second kappa shape index (κ2) is 19.3. The molecule has 0 aliphatic heterocycles. The number of benzene rings is 6. The molecule has 0 heterocycles. The highest BCUT2D eigenvalue weighted by Gasteiger charge is 2.33. The summed E-state index contributed by atoms with van der Waals surface area (Å²) in [5, 5.41) is 67.9. The van der Waals surface area contributed by atoms with E-state index in [1.165, 1.54) is 5.56 Å². The molecule has 2 unspecified atom stereocenters. The summed E-state index contributed by atoms with van der Waals surface area (Å²) in [6.45, 7) is 33.8. The Hall–Kier alpha value is -5.88. The van der Waals surface area contributed by atoms with Crippen LogP contribution in [-0.2, 0) is 22.7 Å². The molecule has 0 radical (unpaired) electrons. The van der Waals surface area contributed by atoms with Gasteiger partial charge in [0.15, 0.2) is 0 Å². The van der Waals surface area contributed by atoms with Gasteiger partial charge in [0, 0.05) is 16.9 Å². The van der Waals surface area contributed by atoms with Crippen molar-refractivity contribution in [2.75, 3.05) is 0 Å². The third-order valence-electron chi connectivity index (χ3n) is 15.0. The minimum atomic E-state index is -0.560. The highest BCUT2D eigenvalue weighted by atomic mass is 16.3. The summed E-state index contributed by atoms with van der Waals surface area (Å²) in [5.41, 5.74) is 13.4. The molecule has 6 N–H and O–H groups in total. The zero-order chi connectivity index (χ0) is 50.5. The molecule has 2 atom stereocenters. The van der Waals surface area contributed by atoms with E-state index in [4.69, 9.17) is 0 Å². The molecule has 0 bridgehead atoms. The number of hydrogen-bond donors (Lipinski definition) is 6. The molecule has 0 aliphatic carbocycles. The Morgan fingerprint density at radius 3 is 1.60 bits per heavy atom. The molecule has 6 rings (SSSR count). The molecule has 362 valence electrons. The van der Waals surface area contributed by atoms with Gasteiger partial charge in [-0.25, -0.2) is 0 Å². The van der Waals surface area contributed by atoms with Crippen molar-refractivity contribution < 1.29 is 30.6 Å². The third kappa shape index (κ3) is 10.4. The van der Waals surface area contributed by atoms with Crippen molar-refractivity contribution in [3.63, 3.8) is 0 Å². The fourth-order valence-electron chi connectivity index (χ4n) is 10.4. The maximum Gasteiger partial charge on any atom is 0.126 e. The lowest BCUT2D eigenvalue weighted by atomic mass is 9.72. The molecule has 0 amide bonds. The van der Waals surface area contributed by atoms with Crippen LogP contribution in [0.15, 0.2) is 84.9 Å². The lowest BCUT2D eigenvalue weighted by Crippen LogP contribution is -2.21. The molecule has 6 aromatic rings.